The van der Waals surface area contributed by atoms with Crippen molar-refractivity contribution in [3.63, 3.8) is 0 Å². The van der Waals surface area contributed by atoms with E-state index in [-0.39, 0.29) is 24.2 Å². The number of carbonyl (C=O) groups is 1. The molecule has 1 amide bonds. The maximum absolute atomic E-state index is 11.9. The van der Waals surface area contributed by atoms with E-state index in [0.717, 1.165) is 19.5 Å². The first kappa shape index (κ1) is 16.2. The zero-order chi connectivity index (χ0) is 16.1. The molecule has 1 unspecified atom stereocenters. The Morgan fingerprint density at radius 2 is 2.14 bits per heavy atom. The average molecular weight is 307 g/mol. The van der Waals surface area contributed by atoms with Crippen LogP contribution in [-0.4, -0.2) is 47.5 Å². The van der Waals surface area contributed by atoms with Crippen molar-refractivity contribution in [1.82, 2.24) is 10.2 Å². The molecule has 1 fully saturated rings. The minimum Gasteiger partial charge on any atom is -0.484 e. The summed E-state index contributed by atoms with van der Waals surface area (Å²) in [5.74, 6) is 0.268. The van der Waals surface area contributed by atoms with Gasteiger partial charge in [-0.05, 0) is 32.4 Å². The number of nitrogens with zero attached hydrogens (tertiary/aromatic N) is 2. The number of hydrogen-bond donors (Lipinski definition) is 1. The van der Waals surface area contributed by atoms with Crippen molar-refractivity contribution in [2.75, 3.05) is 19.7 Å². The molecule has 0 radical (unpaired) electrons. The molecule has 0 saturated carbocycles. The molecule has 1 heterocycles. The lowest BCUT2D eigenvalue weighted by Gasteiger charge is -2.20. The fourth-order valence-electron chi connectivity index (χ4n) is 2.46. The van der Waals surface area contributed by atoms with Crippen LogP contribution < -0.4 is 10.1 Å². The molecular weight excluding hydrogens is 286 g/mol. The summed E-state index contributed by atoms with van der Waals surface area (Å²) < 4.78 is 5.34. The molecule has 1 aliphatic rings. The number of likely N-dealkylation sites (tertiary alicyclic amines) is 1. The van der Waals surface area contributed by atoms with E-state index in [9.17, 15) is 14.9 Å². The highest BCUT2D eigenvalue weighted by Gasteiger charge is 2.25. The number of nitro groups is 1. The van der Waals surface area contributed by atoms with Gasteiger partial charge < -0.3 is 10.1 Å². The van der Waals surface area contributed by atoms with Gasteiger partial charge in [-0.2, -0.15) is 0 Å². The fourth-order valence-corrected chi connectivity index (χ4v) is 2.46. The van der Waals surface area contributed by atoms with Crippen molar-refractivity contribution in [1.29, 1.82) is 0 Å². The second kappa shape index (κ2) is 7.22. The summed E-state index contributed by atoms with van der Waals surface area (Å²) in [6.07, 6.45) is 0.946. The molecule has 1 aromatic rings. The molecule has 1 aromatic carbocycles. The monoisotopic (exact) mass is 307 g/mol. The Labute approximate surface area is 129 Å². The van der Waals surface area contributed by atoms with E-state index in [1.807, 2.05) is 0 Å². The quantitative estimate of drug-likeness (QED) is 0.637. The van der Waals surface area contributed by atoms with Gasteiger partial charge in [0.05, 0.1) is 4.92 Å². The Kier molecular flexibility index (Phi) is 5.32. The molecule has 120 valence electrons. The lowest BCUT2D eigenvalue weighted by Crippen LogP contribution is -2.40. The summed E-state index contributed by atoms with van der Waals surface area (Å²) >= 11 is 0. The summed E-state index contributed by atoms with van der Waals surface area (Å²) in [5, 5.41) is 13.5. The van der Waals surface area contributed by atoms with Gasteiger partial charge in [0.25, 0.3) is 11.6 Å². The molecule has 1 N–H and O–H groups in total. The molecule has 0 aliphatic carbocycles. The zero-order valence-corrected chi connectivity index (χ0v) is 12.8. The normalized spacial score (nSPS) is 18.4. The Morgan fingerprint density at radius 3 is 2.68 bits per heavy atom. The summed E-state index contributed by atoms with van der Waals surface area (Å²) in [7, 11) is 0. The number of nitro benzene ring substituents is 1. The van der Waals surface area contributed by atoms with Crippen LogP contribution in [0, 0.1) is 10.1 Å². The molecule has 0 spiro atoms. The van der Waals surface area contributed by atoms with E-state index in [1.165, 1.54) is 24.3 Å². The summed E-state index contributed by atoms with van der Waals surface area (Å²) in [6, 6.07) is 6.33. The van der Waals surface area contributed by atoms with Crippen molar-refractivity contribution in [3.05, 3.63) is 34.4 Å². The fraction of sp³-hybridized carbons (Fsp3) is 0.533. The lowest BCUT2D eigenvalue weighted by atomic mass is 10.2. The van der Waals surface area contributed by atoms with Crippen LogP contribution in [0.15, 0.2) is 24.3 Å². The summed E-state index contributed by atoms with van der Waals surface area (Å²) in [5.41, 5.74) is -0.00321. The minimum atomic E-state index is -0.475. The third-order valence-corrected chi connectivity index (χ3v) is 3.73. The van der Waals surface area contributed by atoms with Crippen LogP contribution in [0.3, 0.4) is 0 Å². The van der Waals surface area contributed by atoms with Crippen LogP contribution in [0.2, 0.25) is 0 Å². The molecule has 1 aliphatic heterocycles. The second-order valence-corrected chi connectivity index (χ2v) is 5.68. The van der Waals surface area contributed by atoms with Crippen LogP contribution in [0.5, 0.6) is 5.75 Å². The summed E-state index contributed by atoms with van der Waals surface area (Å²) in [6.45, 7) is 6.05. The van der Waals surface area contributed by atoms with E-state index >= 15 is 0 Å². The first-order valence-electron chi connectivity index (χ1n) is 7.36. The predicted molar refractivity (Wildman–Crippen MR) is 81.8 cm³/mol. The van der Waals surface area contributed by atoms with Crippen LogP contribution in [0.4, 0.5) is 5.69 Å². The molecule has 1 saturated heterocycles. The Morgan fingerprint density at radius 1 is 1.45 bits per heavy atom. The number of carbonyl (C=O) groups excluding carboxylic acids is 1. The van der Waals surface area contributed by atoms with Gasteiger partial charge in [0.15, 0.2) is 6.61 Å². The van der Waals surface area contributed by atoms with Crippen LogP contribution >= 0.6 is 0 Å². The van der Waals surface area contributed by atoms with Gasteiger partial charge >= 0.3 is 0 Å². The number of amides is 1. The maximum Gasteiger partial charge on any atom is 0.269 e. The third-order valence-electron chi connectivity index (χ3n) is 3.73. The first-order valence-corrected chi connectivity index (χ1v) is 7.36. The van der Waals surface area contributed by atoms with Gasteiger partial charge in [0, 0.05) is 37.3 Å². The van der Waals surface area contributed by atoms with Crippen LogP contribution in [0.25, 0.3) is 0 Å². The molecule has 1 atom stereocenters. The highest BCUT2D eigenvalue weighted by molar-refractivity contribution is 5.77. The number of rotatable bonds is 6. The number of hydrogen-bond acceptors (Lipinski definition) is 5. The molecule has 22 heavy (non-hydrogen) atoms. The molecule has 7 nitrogen and oxygen atoms in total. The number of benzene rings is 1. The van der Waals surface area contributed by atoms with E-state index in [4.69, 9.17) is 4.74 Å². The highest BCUT2D eigenvalue weighted by Crippen LogP contribution is 2.17. The van der Waals surface area contributed by atoms with Crippen molar-refractivity contribution in [2.45, 2.75) is 32.4 Å². The lowest BCUT2D eigenvalue weighted by molar-refractivity contribution is -0.384. The van der Waals surface area contributed by atoms with Crippen molar-refractivity contribution < 1.29 is 14.5 Å². The van der Waals surface area contributed by atoms with Gasteiger partial charge in [-0.3, -0.25) is 19.8 Å². The van der Waals surface area contributed by atoms with E-state index in [2.05, 4.69) is 24.1 Å². The third kappa shape index (κ3) is 4.42. The number of nitrogens with one attached hydrogen (secondary N) is 1. The molecule has 7 heteroatoms. The summed E-state index contributed by atoms with van der Waals surface area (Å²) in [4.78, 5) is 24.3. The number of non-ortho nitro benzene ring substituents is 1. The molecule has 2 rings (SSSR count). The standard InChI is InChI=1S/C15H21N3O4/c1-11(2)17-8-7-12(9-17)16-15(19)10-22-14-5-3-13(4-6-14)18(20)21/h3-6,11-12H,7-10H2,1-2H3,(H,16,19). The largest absolute Gasteiger partial charge is 0.484 e. The van der Waals surface area contributed by atoms with E-state index in [1.54, 1.807) is 0 Å². The second-order valence-electron chi connectivity index (χ2n) is 5.68. The van der Waals surface area contributed by atoms with Crippen LogP contribution in [0.1, 0.15) is 20.3 Å². The van der Waals surface area contributed by atoms with Gasteiger partial charge in [-0.25, -0.2) is 0 Å². The molecule has 0 aromatic heterocycles. The number of ether oxygens (including phenoxy) is 1. The Balaban J connectivity index is 1.75. The molecule has 0 bridgehead atoms. The van der Waals surface area contributed by atoms with Crippen molar-refractivity contribution >= 4 is 11.6 Å². The highest BCUT2D eigenvalue weighted by atomic mass is 16.6. The average Bonchev–Trinajstić information content (AvgIpc) is 2.94. The van der Waals surface area contributed by atoms with Gasteiger partial charge in [0.2, 0.25) is 0 Å². The van der Waals surface area contributed by atoms with Gasteiger partial charge in [-0.1, -0.05) is 0 Å². The SMILES string of the molecule is CC(C)N1CCC(NC(=O)COc2ccc([N+](=O)[O-])cc2)C1. The van der Waals surface area contributed by atoms with Crippen molar-refractivity contribution in [3.8, 4) is 5.75 Å². The van der Waals surface area contributed by atoms with Gasteiger partial charge in [-0.15, -0.1) is 0 Å². The smallest absolute Gasteiger partial charge is 0.269 e. The predicted octanol–water partition coefficient (Wildman–Crippen LogP) is 1.57. The van der Waals surface area contributed by atoms with Gasteiger partial charge in [0.1, 0.15) is 5.75 Å². The first-order chi connectivity index (χ1) is 10.5. The van der Waals surface area contributed by atoms with Crippen molar-refractivity contribution in [2.24, 2.45) is 0 Å². The van der Waals surface area contributed by atoms with Crippen LogP contribution in [-0.2, 0) is 4.79 Å². The Bertz CT molecular complexity index is 530. The Hall–Kier alpha value is -2.15. The maximum atomic E-state index is 11.9. The van der Waals surface area contributed by atoms with E-state index < -0.39 is 4.92 Å². The minimum absolute atomic E-state index is 0.00321. The zero-order valence-electron chi connectivity index (χ0n) is 12.8. The molecular formula is C15H21N3O4. The van der Waals surface area contributed by atoms with E-state index in [0.29, 0.717) is 11.8 Å². The topological polar surface area (TPSA) is 84.7 Å².